The van der Waals surface area contributed by atoms with Gasteiger partial charge in [0.2, 0.25) is 0 Å². The Morgan fingerprint density at radius 2 is 1.87 bits per heavy atom. The SMILES string of the molecule is COc1ccccc1CN(C)C(=O)NCCc1ccc(Cl)cc1. The fourth-order valence-corrected chi connectivity index (χ4v) is 2.39. The van der Waals surface area contributed by atoms with E-state index in [-0.39, 0.29) is 6.03 Å². The normalized spacial score (nSPS) is 10.2. The predicted molar refractivity (Wildman–Crippen MR) is 93.0 cm³/mol. The largest absolute Gasteiger partial charge is 0.496 e. The summed E-state index contributed by atoms with van der Waals surface area (Å²) in [4.78, 5) is 13.8. The van der Waals surface area contributed by atoms with Gasteiger partial charge in [-0.2, -0.15) is 0 Å². The van der Waals surface area contributed by atoms with E-state index in [4.69, 9.17) is 16.3 Å². The van der Waals surface area contributed by atoms with Crippen LogP contribution in [0.25, 0.3) is 0 Å². The summed E-state index contributed by atoms with van der Waals surface area (Å²) in [5, 5.41) is 3.63. The summed E-state index contributed by atoms with van der Waals surface area (Å²) in [6, 6.07) is 15.2. The third-order valence-electron chi connectivity index (χ3n) is 3.55. The summed E-state index contributed by atoms with van der Waals surface area (Å²) in [7, 11) is 3.40. The van der Waals surface area contributed by atoms with Gasteiger partial charge in [0.25, 0.3) is 0 Å². The zero-order valence-electron chi connectivity index (χ0n) is 13.4. The summed E-state index contributed by atoms with van der Waals surface area (Å²) < 4.78 is 5.31. The lowest BCUT2D eigenvalue weighted by Crippen LogP contribution is -2.37. The Balaban J connectivity index is 1.81. The van der Waals surface area contributed by atoms with E-state index in [0.717, 1.165) is 23.3 Å². The maximum absolute atomic E-state index is 12.1. The van der Waals surface area contributed by atoms with Gasteiger partial charge < -0.3 is 15.0 Å². The Bertz CT molecular complexity index is 644. The van der Waals surface area contributed by atoms with Crippen molar-refractivity contribution in [1.82, 2.24) is 10.2 Å². The number of nitrogens with one attached hydrogen (secondary N) is 1. The molecule has 0 bridgehead atoms. The molecule has 2 aromatic carbocycles. The number of rotatable bonds is 6. The molecule has 0 aliphatic heterocycles. The molecule has 0 atom stereocenters. The van der Waals surface area contributed by atoms with Crippen molar-refractivity contribution in [2.45, 2.75) is 13.0 Å². The van der Waals surface area contributed by atoms with Gasteiger partial charge in [-0.05, 0) is 30.2 Å². The number of amides is 2. The predicted octanol–water partition coefficient (Wildman–Crippen LogP) is 3.73. The number of para-hydroxylation sites is 1. The third-order valence-corrected chi connectivity index (χ3v) is 3.80. The van der Waals surface area contributed by atoms with E-state index < -0.39 is 0 Å². The second-order valence-corrected chi connectivity index (χ2v) is 5.71. The molecule has 0 aliphatic carbocycles. The standard InChI is InChI=1S/C18H21ClN2O2/c1-21(13-15-5-3-4-6-17(15)23-2)18(22)20-12-11-14-7-9-16(19)10-8-14/h3-10H,11-13H2,1-2H3,(H,20,22). The Labute approximate surface area is 142 Å². The second-order valence-electron chi connectivity index (χ2n) is 5.28. The van der Waals surface area contributed by atoms with Crippen LogP contribution in [0.2, 0.25) is 5.02 Å². The minimum Gasteiger partial charge on any atom is -0.496 e. The summed E-state index contributed by atoms with van der Waals surface area (Å²) in [6.07, 6.45) is 0.769. The molecule has 0 heterocycles. The fourth-order valence-electron chi connectivity index (χ4n) is 2.26. The topological polar surface area (TPSA) is 41.6 Å². The number of hydrogen-bond acceptors (Lipinski definition) is 2. The quantitative estimate of drug-likeness (QED) is 0.875. The Morgan fingerprint density at radius 3 is 2.57 bits per heavy atom. The van der Waals surface area contributed by atoms with Crippen molar-refractivity contribution >= 4 is 17.6 Å². The number of hydrogen-bond donors (Lipinski definition) is 1. The Hall–Kier alpha value is -2.20. The molecule has 0 aromatic heterocycles. The molecule has 2 aromatic rings. The van der Waals surface area contributed by atoms with Crippen molar-refractivity contribution in [1.29, 1.82) is 0 Å². The average Bonchev–Trinajstić information content (AvgIpc) is 2.57. The molecule has 2 rings (SSSR count). The molecule has 1 N–H and O–H groups in total. The van der Waals surface area contributed by atoms with Crippen LogP contribution >= 0.6 is 11.6 Å². The number of nitrogens with zero attached hydrogens (tertiary/aromatic N) is 1. The molecular formula is C18H21ClN2O2. The minimum absolute atomic E-state index is 0.107. The summed E-state index contributed by atoms with van der Waals surface area (Å²) >= 11 is 5.85. The number of ether oxygens (including phenoxy) is 1. The number of halogens is 1. The average molecular weight is 333 g/mol. The van der Waals surface area contributed by atoms with Crippen LogP contribution in [-0.4, -0.2) is 31.6 Å². The van der Waals surface area contributed by atoms with Crippen molar-refractivity contribution in [3.05, 3.63) is 64.7 Å². The van der Waals surface area contributed by atoms with Gasteiger partial charge in [-0.15, -0.1) is 0 Å². The van der Waals surface area contributed by atoms with E-state index in [1.54, 1.807) is 19.1 Å². The zero-order valence-corrected chi connectivity index (χ0v) is 14.1. The van der Waals surface area contributed by atoms with Gasteiger partial charge in [0.1, 0.15) is 5.75 Å². The van der Waals surface area contributed by atoms with Gasteiger partial charge in [0.15, 0.2) is 0 Å². The Kier molecular flexibility index (Phi) is 6.29. The van der Waals surface area contributed by atoms with Crippen LogP contribution in [0, 0.1) is 0 Å². The number of carbonyl (C=O) groups excluding carboxylic acids is 1. The number of methoxy groups -OCH3 is 1. The van der Waals surface area contributed by atoms with Gasteiger partial charge in [0.05, 0.1) is 13.7 Å². The van der Waals surface area contributed by atoms with Crippen LogP contribution in [0.5, 0.6) is 5.75 Å². The van der Waals surface area contributed by atoms with Crippen molar-refractivity contribution in [3.63, 3.8) is 0 Å². The van der Waals surface area contributed by atoms with Crippen molar-refractivity contribution in [3.8, 4) is 5.75 Å². The van der Waals surface area contributed by atoms with Crippen LogP contribution in [0.15, 0.2) is 48.5 Å². The zero-order chi connectivity index (χ0) is 16.7. The van der Waals surface area contributed by atoms with Crippen LogP contribution in [0.3, 0.4) is 0 Å². The summed E-state index contributed by atoms with van der Waals surface area (Å²) in [5.74, 6) is 0.785. The number of benzene rings is 2. The van der Waals surface area contributed by atoms with Gasteiger partial charge in [-0.25, -0.2) is 4.79 Å². The summed E-state index contributed by atoms with van der Waals surface area (Å²) in [5.41, 5.74) is 2.12. The molecule has 23 heavy (non-hydrogen) atoms. The van der Waals surface area contributed by atoms with Crippen LogP contribution in [0.4, 0.5) is 4.79 Å². The monoisotopic (exact) mass is 332 g/mol. The molecule has 0 spiro atoms. The van der Waals surface area contributed by atoms with E-state index in [9.17, 15) is 4.79 Å². The van der Waals surface area contributed by atoms with E-state index in [1.165, 1.54) is 0 Å². The number of carbonyl (C=O) groups is 1. The lowest BCUT2D eigenvalue weighted by atomic mass is 10.1. The first-order valence-corrected chi connectivity index (χ1v) is 7.83. The molecule has 5 heteroatoms. The van der Waals surface area contributed by atoms with Crippen molar-refractivity contribution in [2.75, 3.05) is 20.7 Å². The highest BCUT2D eigenvalue weighted by Crippen LogP contribution is 2.18. The van der Waals surface area contributed by atoms with E-state index in [2.05, 4.69) is 5.32 Å². The molecule has 0 aliphatic rings. The highest BCUT2D eigenvalue weighted by Gasteiger charge is 2.11. The molecule has 0 radical (unpaired) electrons. The Morgan fingerprint density at radius 1 is 1.17 bits per heavy atom. The maximum atomic E-state index is 12.1. The van der Waals surface area contributed by atoms with Gasteiger partial charge in [0, 0.05) is 24.2 Å². The highest BCUT2D eigenvalue weighted by molar-refractivity contribution is 6.30. The van der Waals surface area contributed by atoms with E-state index in [0.29, 0.717) is 18.1 Å². The molecule has 0 saturated heterocycles. The van der Waals surface area contributed by atoms with E-state index >= 15 is 0 Å². The molecular weight excluding hydrogens is 312 g/mol. The first-order valence-electron chi connectivity index (χ1n) is 7.45. The number of urea groups is 1. The fraction of sp³-hybridized carbons (Fsp3) is 0.278. The van der Waals surface area contributed by atoms with E-state index in [1.807, 2.05) is 48.5 Å². The molecule has 4 nitrogen and oxygen atoms in total. The molecule has 0 saturated carbocycles. The van der Waals surface area contributed by atoms with Crippen LogP contribution in [0.1, 0.15) is 11.1 Å². The lowest BCUT2D eigenvalue weighted by molar-refractivity contribution is 0.206. The van der Waals surface area contributed by atoms with Gasteiger partial charge in [-0.3, -0.25) is 0 Å². The molecule has 2 amide bonds. The first-order chi connectivity index (χ1) is 11.1. The molecule has 122 valence electrons. The highest BCUT2D eigenvalue weighted by atomic mass is 35.5. The van der Waals surface area contributed by atoms with Crippen LogP contribution < -0.4 is 10.1 Å². The first kappa shape index (κ1) is 17.2. The lowest BCUT2D eigenvalue weighted by Gasteiger charge is -2.19. The molecule has 0 fully saturated rings. The van der Waals surface area contributed by atoms with Crippen LogP contribution in [-0.2, 0) is 13.0 Å². The third kappa shape index (κ3) is 5.18. The van der Waals surface area contributed by atoms with Crippen molar-refractivity contribution in [2.24, 2.45) is 0 Å². The second kappa shape index (κ2) is 8.44. The van der Waals surface area contributed by atoms with Gasteiger partial charge in [-0.1, -0.05) is 41.9 Å². The van der Waals surface area contributed by atoms with Crippen molar-refractivity contribution < 1.29 is 9.53 Å². The summed E-state index contributed by atoms with van der Waals surface area (Å²) in [6.45, 7) is 1.08. The molecule has 0 unspecified atom stereocenters. The van der Waals surface area contributed by atoms with Gasteiger partial charge >= 0.3 is 6.03 Å². The minimum atomic E-state index is -0.107. The smallest absolute Gasteiger partial charge is 0.317 e. The maximum Gasteiger partial charge on any atom is 0.317 e.